The normalized spacial score (nSPS) is 18.5. The molecule has 8 heteroatoms. The Morgan fingerprint density at radius 1 is 1.36 bits per heavy atom. The summed E-state index contributed by atoms with van der Waals surface area (Å²) >= 11 is 1.64. The Morgan fingerprint density at radius 3 is 2.73 bits per heavy atom. The maximum atomic E-state index is 12.4. The Morgan fingerprint density at radius 2 is 2.05 bits per heavy atom. The molecule has 0 bridgehead atoms. The summed E-state index contributed by atoms with van der Waals surface area (Å²) in [6.07, 6.45) is 0. The average Bonchev–Trinajstić information content (AvgIpc) is 2.97. The number of rotatable bonds is 3. The second kappa shape index (κ2) is 5.51. The van der Waals surface area contributed by atoms with E-state index in [1.54, 1.807) is 47.6 Å². The van der Waals surface area contributed by atoms with Crippen LogP contribution in [0.4, 0.5) is 0 Å². The van der Waals surface area contributed by atoms with Crippen molar-refractivity contribution in [2.45, 2.75) is 42.5 Å². The Kier molecular flexibility index (Phi) is 3.82. The zero-order valence-electron chi connectivity index (χ0n) is 12.5. The Balaban J connectivity index is 1.96. The van der Waals surface area contributed by atoms with Gasteiger partial charge in [-0.15, -0.1) is 5.10 Å². The van der Waals surface area contributed by atoms with Crippen LogP contribution in [0, 0.1) is 6.92 Å². The highest BCUT2D eigenvalue weighted by Crippen LogP contribution is 2.33. The summed E-state index contributed by atoms with van der Waals surface area (Å²) in [6.45, 7) is 6.44. The van der Waals surface area contributed by atoms with Gasteiger partial charge in [-0.05, 0) is 26.0 Å². The van der Waals surface area contributed by atoms with Crippen molar-refractivity contribution in [3.05, 3.63) is 35.5 Å². The molecule has 1 aromatic heterocycles. The van der Waals surface area contributed by atoms with Crippen LogP contribution >= 0.6 is 11.8 Å². The van der Waals surface area contributed by atoms with Gasteiger partial charge in [0.2, 0.25) is 0 Å². The number of benzene rings is 1. The monoisotopic (exact) mass is 336 g/mol. The van der Waals surface area contributed by atoms with Crippen molar-refractivity contribution in [2.75, 3.05) is 0 Å². The molecule has 1 atom stereocenters. The van der Waals surface area contributed by atoms with E-state index in [0.29, 0.717) is 16.7 Å². The predicted octanol–water partition coefficient (Wildman–Crippen LogP) is 2.28. The fourth-order valence-corrected chi connectivity index (χ4v) is 4.39. The summed E-state index contributed by atoms with van der Waals surface area (Å²) in [5, 5.41) is 9.40. The molecule has 0 saturated heterocycles. The molecule has 3 rings (SSSR count). The molecule has 1 aliphatic heterocycles. The Bertz CT molecular complexity index is 838. The number of hydrogen-bond donors (Lipinski definition) is 0. The fraction of sp³-hybridized carbons (Fsp3) is 0.357. The van der Waals surface area contributed by atoms with E-state index in [9.17, 15) is 8.42 Å². The molecule has 0 fully saturated rings. The van der Waals surface area contributed by atoms with Gasteiger partial charge in [0.25, 0.3) is 10.0 Å². The molecule has 1 aliphatic rings. The molecule has 0 spiro atoms. The van der Waals surface area contributed by atoms with Gasteiger partial charge in [-0.25, -0.2) is 4.68 Å². The van der Waals surface area contributed by atoms with Gasteiger partial charge in [0.05, 0.1) is 17.2 Å². The first-order valence-electron chi connectivity index (χ1n) is 6.85. The minimum Gasteiger partial charge on any atom is -0.237 e. The maximum Gasteiger partial charge on any atom is 0.282 e. The largest absolute Gasteiger partial charge is 0.282 e. The number of hydrogen-bond acceptors (Lipinski definition) is 5. The van der Waals surface area contributed by atoms with Crippen LogP contribution in [0.25, 0.3) is 0 Å². The summed E-state index contributed by atoms with van der Waals surface area (Å²) in [5.74, 6) is 0. The second-order valence-electron chi connectivity index (χ2n) is 5.32. The van der Waals surface area contributed by atoms with Gasteiger partial charge < -0.3 is 0 Å². The maximum absolute atomic E-state index is 12.4. The smallest absolute Gasteiger partial charge is 0.237 e. The van der Waals surface area contributed by atoms with E-state index in [0.717, 1.165) is 17.1 Å². The molecule has 116 valence electrons. The first kappa shape index (κ1) is 15.2. The van der Waals surface area contributed by atoms with Crippen molar-refractivity contribution in [1.82, 2.24) is 15.0 Å². The number of nitrogens with zero attached hydrogens (tertiary/aromatic N) is 4. The molecule has 22 heavy (non-hydrogen) atoms. The van der Waals surface area contributed by atoms with Crippen LogP contribution in [0.15, 0.2) is 38.6 Å². The van der Waals surface area contributed by atoms with Crippen molar-refractivity contribution in [1.29, 1.82) is 0 Å². The lowest BCUT2D eigenvalue weighted by molar-refractivity contribution is 0.573. The number of thioether (sulfide) groups is 1. The lowest BCUT2D eigenvalue weighted by Gasteiger charge is -2.02. The molecule has 2 heterocycles. The van der Waals surface area contributed by atoms with E-state index in [-0.39, 0.29) is 4.90 Å². The number of aryl methyl sites for hydroxylation is 1. The molecule has 1 unspecified atom stereocenters. The van der Waals surface area contributed by atoms with Crippen molar-refractivity contribution in [3.8, 4) is 0 Å². The van der Waals surface area contributed by atoms with Gasteiger partial charge in [-0.2, -0.15) is 12.8 Å². The molecule has 0 N–H and O–H groups in total. The number of fused-ring (bicyclic) bond motifs is 1. The quantitative estimate of drug-likeness (QED) is 0.804. The third kappa shape index (κ3) is 2.80. The van der Waals surface area contributed by atoms with Crippen LogP contribution < -0.4 is 0 Å². The molecule has 0 radical (unpaired) electrons. The standard InChI is InChI=1S/C14H16N4O2S2/c1-9-4-6-12(7-5-9)22(19,20)16-11(3)13-14-18(17-15-13)8-10(2)21-14/h4-7,10H,8H2,1-3H3/b16-11+. The van der Waals surface area contributed by atoms with Crippen LogP contribution in [0.1, 0.15) is 25.1 Å². The van der Waals surface area contributed by atoms with E-state index < -0.39 is 10.0 Å². The number of aromatic nitrogens is 3. The topological polar surface area (TPSA) is 77.2 Å². The van der Waals surface area contributed by atoms with E-state index >= 15 is 0 Å². The third-order valence-corrected chi connectivity index (χ3v) is 5.91. The van der Waals surface area contributed by atoms with Crippen LogP contribution in [-0.4, -0.2) is 34.4 Å². The average molecular weight is 336 g/mol. The van der Waals surface area contributed by atoms with Crippen LogP contribution in [0.3, 0.4) is 0 Å². The van der Waals surface area contributed by atoms with Crippen LogP contribution in [0.5, 0.6) is 0 Å². The van der Waals surface area contributed by atoms with Crippen LogP contribution in [0.2, 0.25) is 0 Å². The molecule has 0 saturated carbocycles. The molecule has 0 amide bonds. The number of sulfonamides is 1. The van der Waals surface area contributed by atoms with E-state index in [4.69, 9.17) is 0 Å². The lowest BCUT2D eigenvalue weighted by Crippen LogP contribution is -2.05. The van der Waals surface area contributed by atoms with E-state index in [2.05, 4.69) is 21.6 Å². The summed E-state index contributed by atoms with van der Waals surface area (Å²) < 4.78 is 30.4. The highest BCUT2D eigenvalue weighted by Gasteiger charge is 2.26. The molecule has 2 aromatic rings. The molecular weight excluding hydrogens is 320 g/mol. The van der Waals surface area contributed by atoms with Gasteiger partial charge in [-0.1, -0.05) is 41.6 Å². The molecule has 6 nitrogen and oxygen atoms in total. The van der Waals surface area contributed by atoms with E-state index in [1.807, 2.05) is 6.92 Å². The zero-order valence-corrected chi connectivity index (χ0v) is 14.1. The van der Waals surface area contributed by atoms with Gasteiger partial charge in [0.15, 0.2) is 0 Å². The fourth-order valence-electron chi connectivity index (χ4n) is 2.23. The van der Waals surface area contributed by atoms with Gasteiger partial charge in [-0.3, -0.25) is 0 Å². The summed E-state index contributed by atoms with van der Waals surface area (Å²) in [7, 11) is -3.73. The van der Waals surface area contributed by atoms with Gasteiger partial charge in [0.1, 0.15) is 10.7 Å². The molecule has 1 aromatic carbocycles. The van der Waals surface area contributed by atoms with Crippen molar-refractivity contribution in [2.24, 2.45) is 4.40 Å². The Labute approximate surface area is 133 Å². The first-order chi connectivity index (χ1) is 10.4. The van der Waals surface area contributed by atoms with Crippen molar-refractivity contribution < 1.29 is 8.42 Å². The highest BCUT2D eigenvalue weighted by molar-refractivity contribution is 8.00. The minimum absolute atomic E-state index is 0.183. The first-order valence-corrected chi connectivity index (χ1v) is 9.17. The Hall–Kier alpha value is -1.67. The van der Waals surface area contributed by atoms with Gasteiger partial charge in [0, 0.05) is 5.25 Å². The third-order valence-electron chi connectivity index (χ3n) is 3.35. The zero-order chi connectivity index (χ0) is 15.9. The van der Waals surface area contributed by atoms with E-state index in [1.165, 1.54) is 0 Å². The lowest BCUT2D eigenvalue weighted by atomic mass is 10.2. The van der Waals surface area contributed by atoms with Crippen LogP contribution in [-0.2, 0) is 16.6 Å². The highest BCUT2D eigenvalue weighted by atomic mass is 32.2. The van der Waals surface area contributed by atoms with Crippen molar-refractivity contribution in [3.63, 3.8) is 0 Å². The SMILES string of the molecule is C/C(=N\S(=O)(=O)c1ccc(C)cc1)c1nnn2c1SC(C)C2. The minimum atomic E-state index is -3.73. The predicted molar refractivity (Wildman–Crippen MR) is 85.9 cm³/mol. The summed E-state index contributed by atoms with van der Waals surface area (Å²) in [4.78, 5) is 0.183. The molecular formula is C14H16N4O2S2. The summed E-state index contributed by atoms with van der Waals surface area (Å²) in [5.41, 5.74) is 1.91. The molecule has 0 aliphatic carbocycles. The second-order valence-corrected chi connectivity index (χ2v) is 8.35. The summed E-state index contributed by atoms with van der Waals surface area (Å²) in [6, 6.07) is 6.64. The van der Waals surface area contributed by atoms with Crippen molar-refractivity contribution >= 4 is 27.5 Å². The van der Waals surface area contributed by atoms with Gasteiger partial charge >= 0.3 is 0 Å².